The van der Waals surface area contributed by atoms with Crippen LogP contribution in [0.3, 0.4) is 0 Å². The third-order valence-corrected chi connectivity index (χ3v) is 10.6. The highest BCUT2D eigenvalue weighted by atomic mass is 32.2. The van der Waals surface area contributed by atoms with Gasteiger partial charge in [0.05, 0.1) is 24.4 Å². The van der Waals surface area contributed by atoms with Gasteiger partial charge in [-0.3, -0.25) is 9.59 Å². The molecule has 10 nitrogen and oxygen atoms in total. The number of aromatic carboxylic acids is 1. The highest BCUT2D eigenvalue weighted by Gasteiger charge is 2.47. The van der Waals surface area contributed by atoms with Crippen molar-refractivity contribution in [1.29, 1.82) is 0 Å². The number of ether oxygens (including phenoxy) is 2. The molecule has 2 aliphatic heterocycles. The number of aliphatic hydroxyl groups is 1. The Kier molecular flexibility index (Phi) is 11.8. The zero-order valence-corrected chi connectivity index (χ0v) is 29.5. The van der Waals surface area contributed by atoms with Crippen LogP contribution in [0.1, 0.15) is 64.8 Å². The van der Waals surface area contributed by atoms with Gasteiger partial charge in [0.1, 0.15) is 11.1 Å². The second-order valence-electron chi connectivity index (χ2n) is 13.0. The normalized spacial score (nSPS) is 21.7. The Morgan fingerprint density at radius 2 is 1.68 bits per heavy atom. The van der Waals surface area contributed by atoms with Crippen LogP contribution in [0.5, 0.6) is 0 Å². The van der Waals surface area contributed by atoms with Crippen LogP contribution in [0.25, 0.3) is 11.1 Å². The van der Waals surface area contributed by atoms with E-state index in [1.807, 2.05) is 73.7 Å². The third-order valence-electron chi connectivity index (χ3n) is 9.48. The molecule has 3 aromatic carbocycles. The summed E-state index contributed by atoms with van der Waals surface area (Å²) >= 11 is 1.31. The smallest absolute Gasteiger partial charge is 0.471 e. The van der Waals surface area contributed by atoms with Crippen molar-refractivity contribution < 1.29 is 47.2 Å². The van der Waals surface area contributed by atoms with E-state index in [1.165, 1.54) is 17.8 Å². The fourth-order valence-corrected chi connectivity index (χ4v) is 7.74. The third kappa shape index (κ3) is 8.90. The highest BCUT2D eigenvalue weighted by Crippen LogP contribution is 2.43. The molecule has 278 valence electrons. The molecule has 2 saturated heterocycles. The minimum Gasteiger partial charge on any atom is -0.478 e. The molecule has 5 atom stereocenters. The Morgan fingerprint density at radius 3 is 2.38 bits per heavy atom. The van der Waals surface area contributed by atoms with Gasteiger partial charge in [-0.1, -0.05) is 73.7 Å². The number of thioether (sulfide) groups is 1. The number of alkyl halides is 3. The maximum atomic E-state index is 13.0. The molecule has 3 heterocycles. The molecular formula is C39H38F3N3O7S. The lowest BCUT2D eigenvalue weighted by atomic mass is 9.91. The number of carboxylic acids is 1. The van der Waals surface area contributed by atoms with Gasteiger partial charge in [0.15, 0.2) is 6.29 Å². The van der Waals surface area contributed by atoms with Gasteiger partial charge in [0.2, 0.25) is 5.91 Å². The van der Waals surface area contributed by atoms with Crippen molar-refractivity contribution in [1.82, 2.24) is 15.2 Å². The molecule has 2 amide bonds. The van der Waals surface area contributed by atoms with Crippen LogP contribution < -0.4 is 5.32 Å². The molecule has 2 fully saturated rings. The number of halogens is 3. The van der Waals surface area contributed by atoms with E-state index in [1.54, 1.807) is 18.3 Å². The van der Waals surface area contributed by atoms with Crippen LogP contribution in [-0.4, -0.2) is 68.5 Å². The van der Waals surface area contributed by atoms with E-state index in [0.29, 0.717) is 22.1 Å². The summed E-state index contributed by atoms with van der Waals surface area (Å²) in [4.78, 5) is 41.3. The number of carboxylic acid groups (broad SMARTS) is 1. The number of nitrogens with one attached hydrogen (secondary N) is 1. The Bertz CT molecular complexity index is 1930. The standard InChI is InChI=1S/C39H38F3N3O7S/c1-23-32(22-53-35-30(36(48)49)7-3-17-43-35)51-37(52-33(23)27-11-9-24(21-46)10-12-27)28-15-13-26(14-16-28)29-6-2-5-25(19-29)20-44-34(47)31-8-4-18-45(31)38(50)39(40,41)42/h2-3,5-7,9-17,19,23,31-33,37,46H,4,8,18,20-22H2,1H3,(H,44,47)(H,48,49)/t23-,31-,32+,33+,37+/m0/s1. The number of nitrogens with zero attached hydrogens (tertiary/aromatic N) is 2. The molecule has 0 unspecified atom stereocenters. The van der Waals surface area contributed by atoms with Gasteiger partial charge in [-0.25, -0.2) is 9.78 Å². The van der Waals surface area contributed by atoms with Crippen LogP contribution >= 0.6 is 11.8 Å². The number of rotatable bonds is 11. The Morgan fingerprint density at radius 1 is 0.943 bits per heavy atom. The van der Waals surface area contributed by atoms with Crippen molar-refractivity contribution in [2.45, 2.75) is 68.7 Å². The first-order chi connectivity index (χ1) is 25.4. The molecule has 53 heavy (non-hydrogen) atoms. The predicted molar refractivity (Wildman–Crippen MR) is 189 cm³/mol. The fourth-order valence-electron chi connectivity index (χ4n) is 6.59. The molecule has 0 radical (unpaired) electrons. The molecule has 0 bridgehead atoms. The molecular weight excluding hydrogens is 712 g/mol. The second kappa shape index (κ2) is 16.5. The van der Waals surface area contributed by atoms with Gasteiger partial charge >= 0.3 is 18.1 Å². The summed E-state index contributed by atoms with van der Waals surface area (Å²) in [5.41, 5.74) is 5.00. The number of carbonyl (C=O) groups is 3. The minimum absolute atomic E-state index is 0.0732. The maximum Gasteiger partial charge on any atom is 0.471 e. The van der Waals surface area contributed by atoms with E-state index < -0.39 is 36.3 Å². The lowest BCUT2D eigenvalue weighted by molar-refractivity contribution is -0.268. The number of aliphatic hydroxyl groups excluding tert-OH is 1. The number of carbonyl (C=O) groups excluding carboxylic acids is 2. The van der Waals surface area contributed by atoms with Crippen LogP contribution in [0.4, 0.5) is 13.2 Å². The molecule has 0 saturated carbocycles. The summed E-state index contributed by atoms with van der Waals surface area (Å²) in [7, 11) is 0. The number of benzene rings is 3. The summed E-state index contributed by atoms with van der Waals surface area (Å²) in [6.45, 7) is 1.89. The quantitative estimate of drug-likeness (QED) is 0.143. The van der Waals surface area contributed by atoms with Gasteiger partial charge in [-0.15, -0.1) is 11.8 Å². The van der Waals surface area contributed by atoms with E-state index in [0.717, 1.165) is 33.4 Å². The molecule has 3 N–H and O–H groups in total. The molecule has 2 aliphatic rings. The summed E-state index contributed by atoms with van der Waals surface area (Å²) < 4.78 is 52.2. The minimum atomic E-state index is -5.04. The zero-order chi connectivity index (χ0) is 37.7. The van der Waals surface area contributed by atoms with Crippen LogP contribution in [0.15, 0.2) is 96.2 Å². The van der Waals surface area contributed by atoms with Crippen LogP contribution in [0, 0.1) is 5.92 Å². The van der Waals surface area contributed by atoms with Crippen molar-refractivity contribution in [2.24, 2.45) is 5.92 Å². The van der Waals surface area contributed by atoms with Gasteiger partial charge in [0.25, 0.3) is 0 Å². The number of aromatic nitrogens is 1. The Balaban J connectivity index is 1.16. The van der Waals surface area contributed by atoms with E-state index in [4.69, 9.17) is 9.47 Å². The summed E-state index contributed by atoms with van der Waals surface area (Å²) in [5, 5.41) is 22.3. The lowest BCUT2D eigenvalue weighted by Gasteiger charge is -2.41. The number of amides is 2. The van der Waals surface area contributed by atoms with Gasteiger partial charge in [-0.2, -0.15) is 13.2 Å². The maximum absolute atomic E-state index is 13.0. The molecule has 1 aromatic heterocycles. The molecule has 6 rings (SSSR count). The number of likely N-dealkylation sites (tertiary alicyclic amines) is 1. The molecule has 4 aromatic rings. The van der Waals surface area contributed by atoms with Crippen molar-refractivity contribution in [2.75, 3.05) is 12.3 Å². The van der Waals surface area contributed by atoms with Crippen molar-refractivity contribution in [3.05, 3.63) is 119 Å². The van der Waals surface area contributed by atoms with Crippen molar-refractivity contribution in [3.63, 3.8) is 0 Å². The number of hydrogen-bond donors (Lipinski definition) is 3. The van der Waals surface area contributed by atoms with Gasteiger partial charge in [-0.05, 0) is 58.9 Å². The second-order valence-corrected chi connectivity index (χ2v) is 14.0. The molecule has 0 spiro atoms. The van der Waals surface area contributed by atoms with Crippen LogP contribution in [-0.2, 0) is 32.2 Å². The van der Waals surface area contributed by atoms with Crippen molar-refractivity contribution in [3.8, 4) is 11.1 Å². The average molecular weight is 750 g/mol. The predicted octanol–water partition coefficient (Wildman–Crippen LogP) is 6.69. The topological polar surface area (TPSA) is 138 Å². The average Bonchev–Trinajstić information content (AvgIpc) is 3.66. The first-order valence-electron chi connectivity index (χ1n) is 17.1. The number of pyridine rings is 1. The van der Waals surface area contributed by atoms with Crippen molar-refractivity contribution >= 4 is 29.5 Å². The van der Waals surface area contributed by atoms with Gasteiger partial charge < -0.3 is 29.9 Å². The fraction of sp³-hybridized carbons (Fsp3) is 0.333. The van der Waals surface area contributed by atoms with E-state index in [-0.39, 0.29) is 49.8 Å². The van der Waals surface area contributed by atoms with E-state index in [9.17, 15) is 37.8 Å². The Labute approximate surface area is 308 Å². The van der Waals surface area contributed by atoms with Crippen LogP contribution in [0.2, 0.25) is 0 Å². The van der Waals surface area contributed by atoms with E-state index >= 15 is 0 Å². The SMILES string of the molecule is C[C@H]1[C@@H](CSc2ncccc2C(=O)O)O[C@@H](c2ccc(-c3cccc(CNC(=O)[C@@H]4CCCN4C(=O)C(F)(F)F)c3)cc2)O[C@H]1c1ccc(CO)cc1. The summed E-state index contributed by atoms with van der Waals surface area (Å²) in [5.74, 6) is -3.39. The van der Waals surface area contributed by atoms with E-state index in [2.05, 4.69) is 10.3 Å². The number of hydrogen-bond acceptors (Lipinski definition) is 8. The summed E-state index contributed by atoms with van der Waals surface area (Å²) in [6.07, 6.45) is -4.47. The largest absolute Gasteiger partial charge is 0.478 e. The lowest BCUT2D eigenvalue weighted by Crippen LogP contribution is -2.50. The molecule has 0 aliphatic carbocycles. The molecule has 14 heteroatoms. The first-order valence-corrected chi connectivity index (χ1v) is 18.1. The Hall–Kier alpha value is -4.76. The highest BCUT2D eigenvalue weighted by molar-refractivity contribution is 7.99. The first kappa shape index (κ1) is 38.0. The zero-order valence-electron chi connectivity index (χ0n) is 28.7. The summed E-state index contributed by atoms with van der Waals surface area (Å²) in [6, 6.07) is 24.5. The monoisotopic (exact) mass is 749 g/mol. The van der Waals surface area contributed by atoms with Gasteiger partial charge in [0, 0.05) is 36.5 Å².